The van der Waals surface area contributed by atoms with E-state index in [1.807, 2.05) is 32.9 Å². The van der Waals surface area contributed by atoms with Crippen LogP contribution in [0.15, 0.2) is 18.2 Å². The number of carbonyl (C=O) groups is 3. The zero-order chi connectivity index (χ0) is 16.7. The van der Waals surface area contributed by atoms with Gasteiger partial charge in [-0.25, -0.2) is 9.59 Å². The third-order valence-corrected chi connectivity index (χ3v) is 3.19. The summed E-state index contributed by atoms with van der Waals surface area (Å²) in [6.45, 7) is 6.89. The average molecular weight is 306 g/mol. The summed E-state index contributed by atoms with van der Waals surface area (Å²) in [4.78, 5) is 34.9. The number of aryl methyl sites for hydroxylation is 2. The van der Waals surface area contributed by atoms with Crippen LogP contribution in [0.5, 0.6) is 0 Å². The van der Waals surface area contributed by atoms with Crippen LogP contribution in [-0.4, -0.2) is 30.6 Å². The largest absolute Gasteiger partial charge is 0.452 e. The first-order chi connectivity index (χ1) is 10.3. The first-order valence-electron chi connectivity index (χ1n) is 7.18. The fraction of sp³-hybridized carbons (Fsp3) is 0.438. The maximum absolute atomic E-state index is 11.9. The highest BCUT2D eigenvalue weighted by Gasteiger charge is 2.15. The van der Waals surface area contributed by atoms with E-state index in [0.717, 1.165) is 17.5 Å². The molecule has 1 aromatic rings. The van der Waals surface area contributed by atoms with Crippen LogP contribution in [-0.2, 0) is 9.53 Å². The smallest absolute Gasteiger partial charge is 0.338 e. The number of imide groups is 1. The minimum Gasteiger partial charge on any atom is -0.452 e. The molecule has 0 unspecified atom stereocenters. The summed E-state index contributed by atoms with van der Waals surface area (Å²) >= 11 is 0. The van der Waals surface area contributed by atoms with Crippen molar-refractivity contribution in [2.24, 2.45) is 0 Å². The number of esters is 1. The van der Waals surface area contributed by atoms with Gasteiger partial charge in [0, 0.05) is 6.04 Å². The molecule has 6 heteroatoms. The Kier molecular flexibility index (Phi) is 6.56. The Morgan fingerprint density at radius 2 is 1.91 bits per heavy atom. The lowest BCUT2D eigenvalue weighted by Crippen LogP contribution is -2.44. The van der Waals surface area contributed by atoms with Crippen molar-refractivity contribution in [2.75, 3.05) is 6.61 Å². The molecule has 0 saturated carbocycles. The summed E-state index contributed by atoms with van der Waals surface area (Å²) in [6.07, 6.45) is 0.753. The molecule has 0 heterocycles. The van der Waals surface area contributed by atoms with Gasteiger partial charge in [0.05, 0.1) is 5.56 Å². The molecule has 120 valence electrons. The monoisotopic (exact) mass is 306 g/mol. The second-order valence-electron chi connectivity index (χ2n) is 5.23. The minimum atomic E-state index is -0.667. The molecule has 0 saturated heterocycles. The molecule has 0 bridgehead atoms. The number of amides is 3. The van der Waals surface area contributed by atoms with E-state index in [4.69, 9.17) is 4.74 Å². The normalized spacial score (nSPS) is 11.5. The van der Waals surface area contributed by atoms with Gasteiger partial charge in [-0.3, -0.25) is 10.1 Å². The van der Waals surface area contributed by atoms with Gasteiger partial charge in [-0.15, -0.1) is 0 Å². The Morgan fingerprint density at radius 3 is 2.55 bits per heavy atom. The molecule has 6 nitrogen and oxygen atoms in total. The number of rotatable bonds is 5. The molecule has 0 aromatic heterocycles. The topological polar surface area (TPSA) is 84.5 Å². The van der Waals surface area contributed by atoms with Gasteiger partial charge in [0.2, 0.25) is 0 Å². The Hall–Kier alpha value is -2.37. The summed E-state index contributed by atoms with van der Waals surface area (Å²) in [5.74, 6) is -1.25. The second kappa shape index (κ2) is 8.17. The quantitative estimate of drug-likeness (QED) is 0.816. The molecular formula is C16H22N2O4. The van der Waals surface area contributed by atoms with E-state index in [1.165, 1.54) is 0 Å². The predicted octanol–water partition coefficient (Wildman–Crippen LogP) is 2.08. The van der Waals surface area contributed by atoms with Crippen molar-refractivity contribution in [2.45, 2.75) is 40.2 Å². The summed E-state index contributed by atoms with van der Waals surface area (Å²) in [5.41, 5.74) is 2.11. The summed E-state index contributed by atoms with van der Waals surface area (Å²) < 4.78 is 4.93. The van der Waals surface area contributed by atoms with Crippen LogP contribution in [0.4, 0.5) is 4.79 Å². The van der Waals surface area contributed by atoms with Crippen molar-refractivity contribution in [3.63, 3.8) is 0 Å². The van der Waals surface area contributed by atoms with Gasteiger partial charge in [-0.05, 0) is 38.8 Å². The maximum Gasteiger partial charge on any atom is 0.338 e. The second-order valence-corrected chi connectivity index (χ2v) is 5.23. The third-order valence-electron chi connectivity index (χ3n) is 3.19. The zero-order valence-corrected chi connectivity index (χ0v) is 13.4. The van der Waals surface area contributed by atoms with Crippen LogP contribution < -0.4 is 10.6 Å². The number of benzene rings is 1. The lowest BCUT2D eigenvalue weighted by molar-refractivity contribution is -0.123. The average Bonchev–Trinajstić information content (AvgIpc) is 2.46. The van der Waals surface area contributed by atoms with E-state index < -0.39 is 24.5 Å². The summed E-state index contributed by atoms with van der Waals surface area (Å²) in [7, 11) is 0. The third kappa shape index (κ3) is 5.55. The highest BCUT2D eigenvalue weighted by Crippen LogP contribution is 2.11. The minimum absolute atomic E-state index is 0.0368. The number of nitrogens with one attached hydrogen (secondary N) is 2. The molecular weight excluding hydrogens is 284 g/mol. The van der Waals surface area contributed by atoms with E-state index in [0.29, 0.717) is 5.56 Å². The molecule has 0 spiro atoms. The molecule has 0 aliphatic rings. The van der Waals surface area contributed by atoms with Crippen LogP contribution in [0.3, 0.4) is 0 Å². The summed E-state index contributed by atoms with van der Waals surface area (Å²) in [6, 6.07) is 4.77. The lowest BCUT2D eigenvalue weighted by Gasteiger charge is -2.12. The van der Waals surface area contributed by atoms with E-state index in [2.05, 4.69) is 10.6 Å². The van der Waals surface area contributed by atoms with Crippen molar-refractivity contribution in [1.29, 1.82) is 0 Å². The standard InChI is InChI=1S/C16H22N2O4/c1-5-12(4)17-16(21)18-14(19)9-22-15(20)13-8-10(2)6-7-11(13)3/h6-8,12H,5,9H2,1-4H3,(H2,17,18,19,21)/t12-/m1/s1. The van der Waals surface area contributed by atoms with E-state index >= 15 is 0 Å². The SMILES string of the molecule is CC[C@@H](C)NC(=O)NC(=O)COC(=O)c1cc(C)ccc1C. The Morgan fingerprint density at radius 1 is 1.23 bits per heavy atom. The molecule has 2 N–H and O–H groups in total. The molecule has 1 aromatic carbocycles. The van der Waals surface area contributed by atoms with E-state index in [-0.39, 0.29) is 6.04 Å². The van der Waals surface area contributed by atoms with Gasteiger partial charge < -0.3 is 10.1 Å². The maximum atomic E-state index is 11.9. The number of hydrogen-bond acceptors (Lipinski definition) is 4. The van der Waals surface area contributed by atoms with Gasteiger partial charge in [-0.2, -0.15) is 0 Å². The van der Waals surface area contributed by atoms with Crippen molar-refractivity contribution >= 4 is 17.9 Å². The van der Waals surface area contributed by atoms with Crippen molar-refractivity contribution in [1.82, 2.24) is 10.6 Å². The molecule has 1 atom stereocenters. The lowest BCUT2D eigenvalue weighted by atomic mass is 10.1. The molecule has 1 rings (SSSR count). The van der Waals surface area contributed by atoms with E-state index in [9.17, 15) is 14.4 Å². The molecule has 0 fully saturated rings. The van der Waals surface area contributed by atoms with Crippen LogP contribution >= 0.6 is 0 Å². The van der Waals surface area contributed by atoms with Crippen LogP contribution in [0, 0.1) is 13.8 Å². The van der Waals surface area contributed by atoms with Crippen LogP contribution in [0.1, 0.15) is 41.8 Å². The zero-order valence-electron chi connectivity index (χ0n) is 13.4. The fourth-order valence-corrected chi connectivity index (χ4v) is 1.69. The molecule has 0 aliphatic heterocycles. The van der Waals surface area contributed by atoms with Crippen LogP contribution in [0.25, 0.3) is 0 Å². The highest BCUT2D eigenvalue weighted by molar-refractivity contribution is 5.97. The fourth-order valence-electron chi connectivity index (χ4n) is 1.69. The number of ether oxygens (including phenoxy) is 1. The highest BCUT2D eigenvalue weighted by atomic mass is 16.5. The molecule has 0 aliphatic carbocycles. The predicted molar refractivity (Wildman–Crippen MR) is 82.6 cm³/mol. The molecule has 22 heavy (non-hydrogen) atoms. The van der Waals surface area contributed by atoms with Crippen molar-refractivity contribution in [3.05, 3.63) is 34.9 Å². The number of urea groups is 1. The van der Waals surface area contributed by atoms with Crippen LogP contribution in [0.2, 0.25) is 0 Å². The van der Waals surface area contributed by atoms with Gasteiger partial charge in [0.1, 0.15) is 0 Å². The van der Waals surface area contributed by atoms with Gasteiger partial charge in [0.25, 0.3) is 5.91 Å². The Labute approximate surface area is 130 Å². The molecule has 3 amide bonds. The Balaban J connectivity index is 2.48. The van der Waals surface area contributed by atoms with Gasteiger partial charge >= 0.3 is 12.0 Å². The van der Waals surface area contributed by atoms with Gasteiger partial charge in [0.15, 0.2) is 6.61 Å². The Bertz CT molecular complexity index is 569. The van der Waals surface area contributed by atoms with Crippen molar-refractivity contribution < 1.29 is 19.1 Å². The van der Waals surface area contributed by atoms with E-state index in [1.54, 1.807) is 13.0 Å². The summed E-state index contributed by atoms with van der Waals surface area (Å²) in [5, 5.41) is 4.70. The first kappa shape index (κ1) is 17.7. The van der Waals surface area contributed by atoms with Crippen molar-refractivity contribution in [3.8, 4) is 0 Å². The first-order valence-corrected chi connectivity index (χ1v) is 7.18. The molecule has 0 radical (unpaired) electrons. The van der Waals surface area contributed by atoms with Gasteiger partial charge in [-0.1, -0.05) is 24.6 Å². The number of hydrogen-bond donors (Lipinski definition) is 2. The number of carbonyl (C=O) groups excluding carboxylic acids is 3.